The molecule has 174 valence electrons. The molecule has 2 aromatic carbocycles. The zero-order valence-corrected chi connectivity index (χ0v) is 18.7. The van der Waals surface area contributed by atoms with Crippen LogP contribution in [0.3, 0.4) is 0 Å². The Balaban J connectivity index is 1.59. The van der Waals surface area contributed by atoms with E-state index in [1.807, 2.05) is 35.2 Å². The van der Waals surface area contributed by atoms with Gasteiger partial charge in [-0.15, -0.1) is 0 Å². The minimum atomic E-state index is -0.595. The van der Waals surface area contributed by atoms with Gasteiger partial charge in [-0.1, -0.05) is 12.1 Å². The number of phenols is 1. The van der Waals surface area contributed by atoms with Gasteiger partial charge in [0.15, 0.2) is 5.76 Å². The molecule has 8 heteroatoms. The molecule has 0 unspecified atom stereocenters. The Morgan fingerprint density at radius 2 is 2.06 bits per heavy atom. The molecule has 1 aromatic heterocycles. The number of Topliss-reactive ketones (excluding diaryl/α,β-unsaturated/α-hetero) is 1. The van der Waals surface area contributed by atoms with Gasteiger partial charge in [0, 0.05) is 42.4 Å². The Morgan fingerprint density at radius 1 is 1.24 bits per heavy atom. The van der Waals surface area contributed by atoms with Crippen LogP contribution in [0.1, 0.15) is 33.8 Å². The quantitative estimate of drug-likeness (QED) is 0.457. The number of aromatic nitrogens is 1. The third-order valence-electron chi connectivity index (χ3n) is 6.18. The number of hydrogen-bond acceptors (Lipinski definition) is 8. The van der Waals surface area contributed by atoms with E-state index in [1.54, 1.807) is 18.5 Å². The van der Waals surface area contributed by atoms with Crippen LogP contribution in [-0.4, -0.2) is 60.2 Å². The van der Waals surface area contributed by atoms with Crippen LogP contribution in [0.5, 0.6) is 11.5 Å². The Kier molecular flexibility index (Phi) is 5.90. The number of rotatable bonds is 5. The van der Waals surface area contributed by atoms with Crippen molar-refractivity contribution < 1.29 is 28.9 Å². The van der Waals surface area contributed by atoms with Gasteiger partial charge in [0.05, 0.1) is 37.8 Å². The largest absolute Gasteiger partial charge is 0.508 e. The smallest absolute Gasteiger partial charge is 0.306 e. The second kappa shape index (κ2) is 9.15. The highest BCUT2D eigenvalue weighted by Gasteiger charge is 2.36. The summed E-state index contributed by atoms with van der Waals surface area (Å²) in [6.45, 7) is 2.47. The van der Waals surface area contributed by atoms with Crippen molar-refractivity contribution in [2.75, 3.05) is 33.4 Å². The number of phenolic OH excluding ortho intramolecular Hbond substituents is 1. The number of carbonyl (C=O) groups excluding carboxylic acids is 2. The minimum Gasteiger partial charge on any atom is -0.508 e. The van der Waals surface area contributed by atoms with Crippen molar-refractivity contribution in [2.24, 2.45) is 0 Å². The monoisotopic (exact) mass is 460 g/mol. The van der Waals surface area contributed by atoms with Crippen LogP contribution in [0, 0.1) is 0 Å². The normalized spacial score (nSPS) is 17.5. The van der Waals surface area contributed by atoms with Crippen molar-refractivity contribution in [1.82, 2.24) is 9.88 Å². The molecule has 0 saturated carbocycles. The van der Waals surface area contributed by atoms with Gasteiger partial charge in [0.2, 0.25) is 5.78 Å². The fourth-order valence-electron chi connectivity index (χ4n) is 4.41. The highest BCUT2D eigenvalue weighted by Crippen LogP contribution is 2.46. The van der Waals surface area contributed by atoms with E-state index in [2.05, 4.69) is 4.98 Å². The second-order valence-corrected chi connectivity index (χ2v) is 8.24. The minimum absolute atomic E-state index is 0.0354. The predicted octanol–water partition coefficient (Wildman–Crippen LogP) is 3.38. The fourth-order valence-corrected chi connectivity index (χ4v) is 4.41. The predicted molar refractivity (Wildman–Crippen MR) is 124 cm³/mol. The van der Waals surface area contributed by atoms with E-state index in [1.165, 1.54) is 13.2 Å². The maximum Gasteiger partial charge on any atom is 0.306 e. The number of fused-ring (bicyclic) bond motifs is 2. The third-order valence-corrected chi connectivity index (χ3v) is 6.18. The number of ether oxygens (including phenoxy) is 3. The third kappa shape index (κ3) is 4.08. The first-order chi connectivity index (χ1) is 16.5. The lowest BCUT2D eigenvalue weighted by Gasteiger charge is -2.25. The molecule has 1 N–H and O–H groups in total. The summed E-state index contributed by atoms with van der Waals surface area (Å²) in [7, 11) is 1.32. The summed E-state index contributed by atoms with van der Waals surface area (Å²) in [5, 5.41) is 11.8. The first kappa shape index (κ1) is 21.9. The molecule has 2 aliphatic rings. The fraction of sp³-hybridized carbons (Fsp3) is 0.269. The highest BCUT2D eigenvalue weighted by molar-refractivity contribution is 6.12. The molecular weight excluding hydrogens is 436 g/mol. The van der Waals surface area contributed by atoms with Crippen molar-refractivity contribution in [3.8, 4) is 11.5 Å². The number of morpholine rings is 1. The second-order valence-electron chi connectivity index (χ2n) is 8.24. The van der Waals surface area contributed by atoms with Crippen molar-refractivity contribution in [3.05, 3.63) is 77.3 Å². The summed E-state index contributed by atoms with van der Waals surface area (Å²) in [6.07, 6.45) is 3.38. The average molecular weight is 460 g/mol. The van der Waals surface area contributed by atoms with E-state index in [-0.39, 0.29) is 29.5 Å². The van der Waals surface area contributed by atoms with Gasteiger partial charge in [-0.2, -0.15) is 0 Å². The first-order valence-corrected chi connectivity index (χ1v) is 11.1. The Labute approximate surface area is 196 Å². The molecule has 8 nitrogen and oxygen atoms in total. The van der Waals surface area contributed by atoms with Gasteiger partial charge in [0.25, 0.3) is 0 Å². The standard InChI is InChI=1S/C26H24N2O6/c1-32-23(30)14-19(16-4-6-20-17(13-16)3-2-8-27-20)24-21(29)7-5-18-25(31)22(34-26(18)24)15-28-9-11-33-12-10-28/h2-8,13,15,19,29H,9-12,14H2,1H3/b22-15-/t19-/m1/s1. The molecule has 3 heterocycles. The van der Waals surface area contributed by atoms with Gasteiger partial charge in [-0.25, -0.2) is 0 Å². The van der Waals surface area contributed by atoms with E-state index in [4.69, 9.17) is 14.2 Å². The summed E-state index contributed by atoms with van der Waals surface area (Å²) in [5.74, 6) is -0.904. The molecule has 2 aliphatic heterocycles. The zero-order valence-electron chi connectivity index (χ0n) is 18.7. The number of methoxy groups -OCH3 is 1. The Bertz CT molecular complexity index is 1300. The highest BCUT2D eigenvalue weighted by atomic mass is 16.5. The average Bonchev–Trinajstić information content (AvgIpc) is 3.18. The van der Waals surface area contributed by atoms with Crippen LogP contribution in [-0.2, 0) is 14.3 Å². The summed E-state index contributed by atoms with van der Waals surface area (Å²) in [6, 6.07) is 12.4. The number of allylic oxidation sites excluding steroid dienone is 1. The molecule has 3 aromatic rings. The number of aromatic hydroxyl groups is 1. The van der Waals surface area contributed by atoms with Crippen molar-refractivity contribution in [3.63, 3.8) is 0 Å². The summed E-state index contributed by atoms with van der Waals surface area (Å²) < 4.78 is 16.4. The van der Waals surface area contributed by atoms with Crippen LogP contribution in [0.15, 0.2) is 60.6 Å². The lowest BCUT2D eigenvalue weighted by molar-refractivity contribution is -0.140. The molecule has 5 rings (SSSR count). The van der Waals surface area contributed by atoms with E-state index in [9.17, 15) is 14.7 Å². The number of ketones is 1. The SMILES string of the molecule is COC(=O)C[C@H](c1ccc2ncccc2c1)c1c(O)ccc2c1O/C(=C\N1CCOCC1)C2=O. The Hall–Kier alpha value is -3.91. The number of nitrogens with zero attached hydrogens (tertiary/aromatic N) is 2. The van der Waals surface area contributed by atoms with Crippen molar-refractivity contribution in [1.29, 1.82) is 0 Å². The van der Waals surface area contributed by atoms with Gasteiger partial charge < -0.3 is 24.2 Å². The van der Waals surface area contributed by atoms with E-state index in [0.717, 1.165) is 16.5 Å². The van der Waals surface area contributed by atoms with E-state index >= 15 is 0 Å². The first-order valence-electron chi connectivity index (χ1n) is 11.1. The van der Waals surface area contributed by atoms with E-state index < -0.39 is 11.9 Å². The number of pyridine rings is 1. The zero-order chi connectivity index (χ0) is 23.7. The van der Waals surface area contributed by atoms with Crippen LogP contribution in [0.4, 0.5) is 0 Å². The van der Waals surface area contributed by atoms with Gasteiger partial charge in [-0.05, 0) is 35.9 Å². The number of hydrogen-bond donors (Lipinski definition) is 1. The van der Waals surface area contributed by atoms with Crippen LogP contribution < -0.4 is 4.74 Å². The van der Waals surface area contributed by atoms with Crippen LogP contribution in [0.25, 0.3) is 10.9 Å². The molecular formula is C26H24N2O6. The molecule has 0 aliphatic carbocycles. The topological polar surface area (TPSA) is 98.2 Å². The molecule has 1 fully saturated rings. The summed E-state index contributed by atoms with van der Waals surface area (Å²) >= 11 is 0. The molecule has 0 spiro atoms. The molecule has 0 radical (unpaired) electrons. The lowest BCUT2D eigenvalue weighted by Crippen LogP contribution is -2.32. The lowest BCUT2D eigenvalue weighted by atomic mass is 9.85. The maximum atomic E-state index is 13.1. The van der Waals surface area contributed by atoms with Gasteiger partial charge >= 0.3 is 5.97 Å². The number of benzene rings is 2. The van der Waals surface area contributed by atoms with Crippen molar-refractivity contribution in [2.45, 2.75) is 12.3 Å². The van der Waals surface area contributed by atoms with Crippen LogP contribution >= 0.6 is 0 Å². The van der Waals surface area contributed by atoms with E-state index in [0.29, 0.717) is 37.4 Å². The number of esters is 1. The molecule has 0 bridgehead atoms. The number of carbonyl (C=O) groups is 2. The maximum absolute atomic E-state index is 13.1. The van der Waals surface area contributed by atoms with Crippen molar-refractivity contribution >= 4 is 22.7 Å². The molecule has 1 saturated heterocycles. The van der Waals surface area contributed by atoms with Crippen LogP contribution in [0.2, 0.25) is 0 Å². The molecule has 1 atom stereocenters. The Morgan fingerprint density at radius 3 is 2.85 bits per heavy atom. The molecule has 34 heavy (non-hydrogen) atoms. The molecule has 0 amide bonds. The van der Waals surface area contributed by atoms with Gasteiger partial charge in [-0.3, -0.25) is 14.6 Å². The van der Waals surface area contributed by atoms with Gasteiger partial charge in [0.1, 0.15) is 11.5 Å². The summed E-state index contributed by atoms with van der Waals surface area (Å²) in [5.41, 5.74) is 2.32. The summed E-state index contributed by atoms with van der Waals surface area (Å²) in [4.78, 5) is 31.8.